The largest absolute Gasteiger partial charge is 0.508 e. The van der Waals surface area contributed by atoms with Crippen molar-refractivity contribution in [2.75, 3.05) is 5.32 Å². The number of nitrogens with zero attached hydrogens (tertiary/aromatic N) is 1. The highest BCUT2D eigenvalue weighted by atomic mass is 16.3. The van der Waals surface area contributed by atoms with E-state index >= 15 is 0 Å². The normalized spacial score (nSPS) is 12.8. The van der Waals surface area contributed by atoms with E-state index in [1.54, 1.807) is 6.07 Å². The third-order valence-corrected chi connectivity index (χ3v) is 3.45. The van der Waals surface area contributed by atoms with Crippen LogP contribution in [0.5, 0.6) is 5.75 Å². The Balaban J connectivity index is 2.40. The zero-order valence-electron chi connectivity index (χ0n) is 10.9. The molecule has 3 rings (SSSR count). The predicted octanol–water partition coefficient (Wildman–Crippen LogP) is 3.05. The van der Waals surface area contributed by atoms with Crippen LogP contribution in [0.1, 0.15) is 11.1 Å². The molecule has 4 N–H and O–H groups in total. The van der Waals surface area contributed by atoms with Crippen molar-refractivity contribution in [1.82, 2.24) is 0 Å². The molecule has 0 aromatic heterocycles. The summed E-state index contributed by atoms with van der Waals surface area (Å²) in [4.78, 5) is 4.43. The minimum atomic E-state index is 0.246. The smallest absolute Gasteiger partial charge is 0.198 e. The van der Waals surface area contributed by atoms with Gasteiger partial charge in [0.25, 0.3) is 0 Å². The lowest BCUT2D eigenvalue weighted by molar-refractivity contribution is 0.471. The molecule has 0 radical (unpaired) electrons. The standard InChI is InChI=1S/C15H15N3O/c1-8-4-3-5-10-11-6-7-12(19)9(2)14(11)18-15(16)17-13(8)10/h3-7,19H,1-2H3,(H3,16,17,18). The first-order valence-corrected chi connectivity index (χ1v) is 6.11. The molecular formula is C15H15N3O. The molecule has 0 spiro atoms. The Morgan fingerprint density at radius 1 is 1.11 bits per heavy atom. The van der Waals surface area contributed by atoms with Crippen molar-refractivity contribution in [2.45, 2.75) is 13.8 Å². The van der Waals surface area contributed by atoms with Gasteiger partial charge in [0.05, 0.1) is 11.4 Å². The van der Waals surface area contributed by atoms with Gasteiger partial charge in [0, 0.05) is 16.7 Å². The fourth-order valence-electron chi connectivity index (χ4n) is 2.39. The Labute approximate surface area is 111 Å². The van der Waals surface area contributed by atoms with Gasteiger partial charge in [0.1, 0.15) is 5.75 Å². The molecule has 1 aliphatic heterocycles. The van der Waals surface area contributed by atoms with E-state index in [1.807, 2.05) is 38.1 Å². The molecule has 0 aliphatic carbocycles. The van der Waals surface area contributed by atoms with E-state index in [-0.39, 0.29) is 5.75 Å². The summed E-state index contributed by atoms with van der Waals surface area (Å²) < 4.78 is 0. The maximum Gasteiger partial charge on any atom is 0.198 e. The average molecular weight is 253 g/mol. The van der Waals surface area contributed by atoms with Gasteiger partial charge in [-0.2, -0.15) is 0 Å². The first-order chi connectivity index (χ1) is 9.08. The van der Waals surface area contributed by atoms with Crippen LogP contribution in [-0.2, 0) is 0 Å². The number of fused-ring (bicyclic) bond motifs is 3. The summed E-state index contributed by atoms with van der Waals surface area (Å²) >= 11 is 0. The highest BCUT2D eigenvalue weighted by Gasteiger charge is 2.18. The molecule has 19 heavy (non-hydrogen) atoms. The number of phenols is 1. The summed E-state index contributed by atoms with van der Waals surface area (Å²) in [5.74, 6) is 0.582. The molecule has 0 atom stereocenters. The Hall–Kier alpha value is -2.49. The predicted molar refractivity (Wildman–Crippen MR) is 77.9 cm³/mol. The second-order valence-electron chi connectivity index (χ2n) is 4.73. The van der Waals surface area contributed by atoms with Crippen LogP contribution >= 0.6 is 0 Å². The Morgan fingerprint density at radius 3 is 2.68 bits per heavy atom. The van der Waals surface area contributed by atoms with Crippen LogP contribution in [0.3, 0.4) is 0 Å². The van der Waals surface area contributed by atoms with Crippen LogP contribution in [0.4, 0.5) is 11.4 Å². The van der Waals surface area contributed by atoms with Crippen molar-refractivity contribution in [3.63, 3.8) is 0 Å². The lowest BCUT2D eigenvalue weighted by atomic mass is 9.97. The van der Waals surface area contributed by atoms with Gasteiger partial charge in [-0.05, 0) is 31.5 Å². The summed E-state index contributed by atoms with van der Waals surface area (Å²) in [5.41, 5.74) is 11.4. The van der Waals surface area contributed by atoms with Crippen LogP contribution < -0.4 is 11.1 Å². The van der Waals surface area contributed by atoms with Crippen LogP contribution in [0.15, 0.2) is 35.3 Å². The van der Waals surface area contributed by atoms with Crippen LogP contribution in [0.25, 0.3) is 11.1 Å². The number of hydrogen-bond donors (Lipinski definition) is 3. The van der Waals surface area contributed by atoms with Crippen molar-refractivity contribution in [1.29, 1.82) is 0 Å². The molecule has 0 unspecified atom stereocenters. The van der Waals surface area contributed by atoms with Gasteiger partial charge in [0.15, 0.2) is 5.96 Å². The van der Waals surface area contributed by atoms with E-state index in [9.17, 15) is 5.11 Å². The maximum atomic E-state index is 9.84. The number of aliphatic imine (C=N–C) groups is 1. The van der Waals surface area contributed by atoms with E-state index in [4.69, 9.17) is 5.73 Å². The van der Waals surface area contributed by atoms with Crippen LogP contribution in [0, 0.1) is 13.8 Å². The zero-order valence-corrected chi connectivity index (χ0v) is 10.9. The highest BCUT2D eigenvalue weighted by molar-refractivity contribution is 6.04. The number of nitrogens with two attached hydrogens (primary N) is 1. The topological polar surface area (TPSA) is 70.6 Å². The number of nitrogens with one attached hydrogen (secondary N) is 1. The van der Waals surface area contributed by atoms with Crippen molar-refractivity contribution < 1.29 is 5.11 Å². The highest BCUT2D eigenvalue weighted by Crippen LogP contribution is 2.42. The second-order valence-corrected chi connectivity index (χ2v) is 4.73. The third-order valence-electron chi connectivity index (χ3n) is 3.45. The number of hydrogen-bond acceptors (Lipinski definition) is 4. The average Bonchev–Trinajstić information content (AvgIpc) is 2.52. The molecular weight excluding hydrogens is 238 g/mol. The fraction of sp³-hybridized carbons (Fsp3) is 0.133. The van der Waals surface area contributed by atoms with Crippen molar-refractivity contribution in [3.05, 3.63) is 41.5 Å². The molecule has 2 aromatic rings. The molecule has 4 nitrogen and oxygen atoms in total. The summed E-state index contributed by atoms with van der Waals surface area (Å²) in [6.07, 6.45) is 0. The number of rotatable bonds is 0. The molecule has 0 saturated heterocycles. The van der Waals surface area contributed by atoms with Crippen LogP contribution in [0.2, 0.25) is 0 Å². The fourth-order valence-corrected chi connectivity index (χ4v) is 2.39. The molecule has 1 heterocycles. The minimum absolute atomic E-state index is 0.246. The summed E-state index contributed by atoms with van der Waals surface area (Å²) in [5, 5.41) is 12.9. The number of phenolic OH excluding ortho intramolecular Hbond substituents is 1. The first kappa shape index (κ1) is 11.6. The maximum absolute atomic E-state index is 9.84. The summed E-state index contributed by atoms with van der Waals surface area (Å²) in [7, 11) is 0. The summed E-state index contributed by atoms with van der Waals surface area (Å²) in [6, 6.07) is 9.60. The van der Waals surface area contributed by atoms with Crippen molar-refractivity contribution in [3.8, 4) is 16.9 Å². The van der Waals surface area contributed by atoms with Gasteiger partial charge in [-0.15, -0.1) is 0 Å². The van der Waals surface area contributed by atoms with Gasteiger partial charge in [-0.3, -0.25) is 0 Å². The van der Waals surface area contributed by atoms with Crippen molar-refractivity contribution in [2.24, 2.45) is 10.7 Å². The SMILES string of the molecule is Cc1cccc2c1N=C(N)Nc1c-2ccc(O)c1C. The Kier molecular flexibility index (Phi) is 2.45. The molecule has 0 bridgehead atoms. The molecule has 4 heteroatoms. The van der Waals surface area contributed by atoms with Gasteiger partial charge >= 0.3 is 0 Å². The molecule has 96 valence electrons. The van der Waals surface area contributed by atoms with E-state index in [0.29, 0.717) is 5.96 Å². The van der Waals surface area contributed by atoms with Gasteiger partial charge in [-0.25, -0.2) is 4.99 Å². The molecule has 1 aliphatic rings. The monoisotopic (exact) mass is 253 g/mol. The lowest BCUT2D eigenvalue weighted by Crippen LogP contribution is -2.22. The van der Waals surface area contributed by atoms with E-state index < -0.39 is 0 Å². The number of anilines is 1. The molecule has 2 aromatic carbocycles. The number of para-hydroxylation sites is 1. The molecule has 0 fully saturated rings. The van der Waals surface area contributed by atoms with Gasteiger partial charge in [0.2, 0.25) is 0 Å². The zero-order chi connectivity index (χ0) is 13.6. The van der Waals surface area contributed by atoms with E-state index in [0.717, 1.165) is 33.6 Å². The number of aromatic hydroxyl groups is 1. The van der Waals surface area contributed by atoms with Crippen LogP contribution in [-0.4, -0.2) is 11.1 Å². The number of benzene rings is 2. The Bertz CT molecular complexity index is 705. The number of aryl methyl sites for hydroxylation is 1. The molecule has 0 amide bonds. The van der Waals surface area contributed by atoms with E-state index in [2.05, 4.69) is 10.3 Å². The molecule has 0 saturated carbocycles. The summed E-state index contributed by atoms with van der Waals surface area (Å²) in [6.45, 7) is 3.86. The Morgan fingerprint density at radius 2 is 1.89 bits per heavy atom. The van der Waals surface area contributed by atoms with Gasteiger partial charge < -0.3 is 16.2 Å². The lowest BCUT2D eigenvalue weighted by Gasteiger charge is -2.13. The number of guanidine groups is 1. The van der Waals surface area contributed by atoms with E-state index in [1.165, 1.54) is 0 Å². The first-order valence-electron chi connectivity index (χ1n) is 6.11. The quantitative estimate of drug-likeness (QED) is 0.675. The minimum Gasteiger partial charge on any atom is -0.508 e. The van der Waals surface area contributed by atoms with Gasteiger partial charge in [-0.1, -0.05) is 18.2 Å². The third kappa shape index (κ3) is 1.73. The van der Waals surface area contributed by atoms with Crippen molar-refractivity contribution >= 4 is 17.3 Å². The second kappa shape index (κ2) is 4.02.